The van der Waals surface area contributed by atoms with Gasteiger partial charge in [0.1, 0.15) is 16.9 Å². The molecule has 4 aromatic carbocycles. The molecule has 0 N–H and O–H groups in total. The van der Waals surface area contributed by atoms with Crippen molar-refractivity contribution in [3.05, 3.63) is 128 Å². The van der Waals surface area contributed by atoms with E-state index in [2.05, 4.69) is 112 Å². The maximum Gasteiger partial charge on any atom is 0.168 e. The van der Waals surface area contributed by atoms with E-state index in [1.165, 1.54) is 0 Å². The Bertz CT molecular complexity index is 2120. The molecule has 0 radical (unpaired) electrons. The minimum Gasteiger partial charge on any atom is -0.292 e. The lowest BCUT2D eigenvalue weighted by atomic mass is 10.1. The third kappa shape index (κ3) is 2.96. The second-order valence-corrected chi connectivity index (χ2v) is 9.35. The third-order valence-corrected chi connectivity index (χ3v) is 7.18. The summed E-state index contributed by atoms with van der Waals surface area (Å²) in [5.74, 6) is 0.834. The maximum atomic E-state index is 5.36. The highest BCUT2D eigenvalue weighted by atomic mass is 15.2. The van der Waals surface area contributed by atoms with Crippen molar-refractivity contribution in [3.8, 4) is 22.6 Å². The van der Waals surface area contributed by atoms with Crippen molar-refractivity contribution < 1.29 is 0 Å². The van der Waals surface area contributed by atoms with Crippen LogP contribution in [0.2, 0.25) is 0 Å². The molecule has 38 heavy (non-hydrogen) atoms. The summed E-state index contributed by atoms with van der Waals surface area (Å²) in [7, 11) is 0. The van der Waals surface area contributed by atoms with E-state index in [0.717, 1.165) is 66.8 Å². The number of fused-ring (bicyclic) bond motifs is 6. The van der Waals surface area contributed by atoms with Crippen LogP contribution in [-0.2, 0) is 0 Å². The number of rotatable bonds is 3. The van der Waals surface area contributed by atoms with E-state index in [0.29, 0.717) is 0 Å². The molecule has 5 nitrogen and oxygen atoms in total. The first kappa shape index (κ1) is 20.9. The number of hydrogen-bond acceptors (Lipinski definition) is 3. The fraction of sp³-hybridized carbons (Fsp3) is 0. The highest BCUT2D eigenvalue weighted by molar-refractivity contribution is 6.12. The molecule has 0 amide bonds. The fourth-order valence-electron chi connectivity index (χ4n) is 5.53. The number of pyridine rings is 1. The highest BCUT2D eigenvalue weighted by Gasteiger charge is 2.22. The van der Waals surface area contributed by atoms with E-state index in [1.807, 2.05) is 24.4 Å². The van der Waals surface area contributed by atoms with Gasteiger partial charge < -0.3 is 0 Å². The van der Waals surface area contributed by atoms with Gasteiger partial charge in [-0.2, -0.15) is 0 Å². The second-order valence-electron chi connectivity index (χ2n) is 9.35. The minimum atomic E-state index is 0.787. The third-order valence-electron chi connectivity index (χ3n) is 7.18. The first-order valence-electron chi connectivity index (χ1n) is 12.6. The Kier molecular flexibility index (Phi) is 4.45. The van der Waals surface area contributed by atoms with Crippen molar-refractivity contribution >= 4 is 44.1 Å². The molecule has 0 saturated carbocycles. The van der Waals surface area contributed by atoms with Gasteiger partial charge in [0.25, 0.3) is 0 Å². The largest absolute Gasteiger partial charge is 0.292 e. The van der Waals surface area contributed by atoms with Crippen molar-refractivity contribution in [2.24, 2.45) is 0 Å². The summed E-state index contributed by atoms with van der Waals surface area (Å²) < 4.78 is 4.36. The highest BCUT2D eigenvalue weighted by Crippen LogP contribution is 2.37. The molecule has 0 atom stereocenters. The van der Waals surface area contributed by atoms with Crippen LogP contribution in [0.1, 0.15) is 0 Å². The molecule has 0 spiro atoms. The molecular weight excluding hydrogens is 466 g/mol. The Morgan fingerprint density at radius 3 is 1.76 bits per heavy atom. The predicted octanol–water partition coefficient (Wildman–Crippen LogP) is 7.73. The van der Waals surface area contributed by atoms with Gasteiger partial charge in [-0.3, -0.25) is 9.13 Å². The molecule has 0 aliphatic carbocycles. The van der Waals surface area contributed by atoms with Crippen LogP contribution in [-0.4, -0.2) is 24.1 Å². The van der Waals surface area contributed by atoms with Gasteiger partial charge in [0, 0.05) is 28.2 Å². The van der Waals surface area contributed by atoms with Gasteiger partial charge in [0.05, 0.1) is 11.0 Å². The Hall–Kier alpha value is -5.29. The molecule has 4 heterocycles. The normalized spacial score (nSPS) is 11.7. The maximum absolute atomic E-state index is 5.36. The molecule has 0 bridgehead atoms. The number of hydrogen-bond donors (Lipinski definition) is 0. The summed E-state index contributed by atoms with van der Waals surface area (Å²) in [6.45, 7) is 0. The van der Waals surface area contributed by atoms with Crippen LogP contribution in [0, 0.1) is 0 Å². The van der Waals surface area contributed by atoms with Crippen molar-refractivity contribution in [3.63, 3.8) is 0 Å². The Balaban J connectivity index is 1.55. The lowest BCUT2D eigenvalue weighted by molar-refractivity contribution is 1.05. The van der Waals surface area contributed by atoms with Gasteiger partial charge in [-0.05, 0) is 42.0 Å². The van der Waals surface area contributed by atoms with Gasteiger partial charge in [-0.15, -0.1) is 0 Å². The van der Waals surface area contributed by atoms with Crippen LogP contribution in [0.4, 0.5) is 0 Å². The predicted molar refractivity (Wildman–Crippen MR) is 154 cm³/mol. The number of benzene rings is 4. The molecule has 8 aromatic rings. The van der Waals surface area contributed by atoms with E-state index in [9.17, 15) is 0 Å². The molecule has 4 aromatic heterocycles. The van der Waals surface area contributed by atoms with Crippen LogP contribution >= 0.6 is 0 Å². The van der Waals surface area contributed by atoms with E-state index < -0.39 is 0 Å². The zero-order valence-corrected chi connectivity index (χ0v) is 20.4. The zero-order valence-electron chi connectivity index (χ0n) is 20.4. The monoisotopic (exact) mass is 487 g/mol. The summed E-state index contributed by atoms with van der Waals surface area (Å²) >= 11 is 0. The molecule has 0 saturated heterocycles. The standard InChI is InChI=1S/C33H21N5/c1-3-12-22(13-4-1)24-18-11-21-34-31(24)38-28-20-10-8-17-26(28)30-33(38)36-32-29(35-30)25-16-7-9-19-27(25)37(32)23-14-5-2-6-15-23/h1-21H. The summed E-state index contributed by atoms with van der Waals surface area (Å²) in [4.78, 5) is 15.5. The molecular formula is C33H21N5. The molecule has 0 fully saturated rings. The van der Waals surface area contributed by atoms with Gasteiger partial charge in [-0.1, -0.05) is 84.9 Å². The van der Waals surface area contributed by atoms with Crippen molar-refractivity contribution in [2.75, 3.05) is 0 Å². The Morgan fingerprint density at radius 2 is 1.05 bits per heavy atom. The number of para-hydroxylation sites is 3. The zero-order chi connectivity index (χ0) is 25.1. The summed E-state index contributed by atoms with van der Waals surface area (Å²) in [6, 6.07) is 41.6. The molecule has 0 aliphatic rings. The summed E-state index contributed by atoms with van der Waals surface area (Å²) in [5, 5.41) is 2.14. The van der Waals surface area contributed by atoms with Gasteiger partial charge in [0.2, 0.25) is 0 Å². The minimum absolute atomic E-state index is 0.787. The molecule has 0 aliphatic heterocycles. The topological polar surface area (TPSA) is 48.5 Å². The lowest BCUT2D eigenvalue weighted by Gasteiger charge is -2.12. The lowest BCUT2D eigenvalue weighted by Crippen LogP contribution is -2.02. The smallest absolute Gasteiger partial charge is 0.168 e. The molecule has 8 rings (SSSR count). The molecule has 5 heteroatoms. The van der Waals surface area contributed by atoms with E-state index >= 15 is 0 Å². The van der Waals surface area contributed by atoms with E-state index in [-0.39, 0.29) is 0 Å². The fourth-order valence-corrected chi connectivity index (χ4v) is 5.53. The second kappa shape index (κ2) is 8.11. The van der Waals surface area contributed by atoms with E-state index in [4.69, 9.17) is 15.0 Å². The van der Waals surface area contributed by atoms with Gasteiger partial charge >= 0.3 is 0 Å². The Labute approximate surface area is 218 Å². The quantitative estimate of drug-likeness (QED) is 0.256. The van der Waals surface area contributed by atoms with Crippen molar-refractivity contribution in [1.29, 1.82) is 0 Å². The Morgan fingerprint density at radius 1 is 0.474 bits per heavy atom. The van der Waals surface area contributed by atoms with Crippen LogP contribution in [0.15, 0.2) is 128 Å². The summed E-state index contributed by atoms with van der Waals surface area (Å²) in [5.41, 5.74) is 8.69. The van der Waals surface area contributed by atoms with Crippen LogP contribution in [0.5, 0.6) is 0 Å². The number of aromatic nitrogens is 5. The average molecular weight is 488 g/mol. The van der Waals surface area contributed by atoms with Crippen molar-refractivity contribution in [2.45, 2.75) is 0 Å². The molecule has 178 valence electrons. The van der Waals surface area contributed by atoms with Crippen molar-refractivity contribution in [1.82, 2.24) is 24.1 Å². The SMILES string of the molecule is c1ccc(-c2cccnc2-n2c3ccccc3c3nc4c5ccccc5n(-c5ccccc5)c4nc32)cc1. The van der Waals surface area contributed by atoms with Crippen LogP contribution in [0.3, 0.4) is 0 Å². The summed E-state index contributed by atoms with van der Waals surface area (Å²) in [6.07, 6.45) is 1.84. The first-order chi connectivity index (χ1) is 18.9. The van der Waals surface area contributed by atoms with E-state index in [1.54, 1.807) is 0 Å². The van der Waals surface area contributed by atoms with Crippen LogP contribution in [0.25, 0.3) is 66.8 Å². The molecule has 0 unspecified atom stereocenters. The first-order valence-corrected chi connectivity index (χ1v) is 12.6. The van der Waals surface area contributed by atoms with Crippen LogP contribution < -0.4 is 0 Å². The van der Waals surface area contributed by atoms with Gasteiger partial charge in [-0.25, -0.2) is 15.0 Å². The average Bonchev–Trinajstić information content (AvgIpc) is 3.49. The number of nitrogens with zero attached hydrogens (tertiary/aromatic N) is 5. The van der Waals surface area contributed by atoms with Gasteiger partial charge in [0.15, 0.2) is 11.3 Å².